The van der Waals surface area contributed by atoms with Crippen LogP contribution in [0.15, 0.2) is 60.9 Å². The van der Waals surface area contributed by atoms with E-state index in [2.05, 4.69) is 16.3 Å². The molecule has 25 heavy (non-hydrogen) atoms. The molecule has 0 bridgehead atoms. The van der Waals surface area contributed by atoms with E-state index in [0.29, 0.717) is 5.56 Å². The van der Waals surface area contributed by atoms with Crippen LogP contribution in [0, 0.1) is 12.3 Å². The Morgan fingerprint density at radius 3 is 2.72 bits per heavy atom. The predicted octanol–water partition coefficient (Wildman–Crippen LogP) is 3.42. The summed E-state index contributed by atoms with van der Waals surface area (Å²) in [5.74, 6) is 2.48. The van der Waals surface area contributed by atoms with E-state index in [0.717, 1.165) is 22.6 Å². The summed E-state index contributed by atoms with van der Waals surface area (Å²) in [5.41, 5.74) is 3.77. The molecular weight excluding hydrogens is 312 g/mol. The lowest BCUT2D eigenvalue weighted by Gasteiger charge is -2.18. The zero-order valence-corrected chi connectivity index (χ0v) is 14.1. The van der Waals surface area contributed by atoms with Crippen molar-refractivity contribution in [2.75, 3.05) is 17.3 Å². The molecule has 0 radical (unpaired) electrons. The Morgan fingerprint density at radius 1 is 1.20 bits per heavy atom. The van der Waals surface area contributed by atoms with Gasteiger partial charge >= 0.3 is 0 Å². The fourth-order valence-electron chi connectivity index (χ4n) is 2.50. The molecule has 0 saturated carbocycles. The minimum absolute atomic E-state index is 0.107. The number of hydrogen-bond acceptors (Lipinski definition) is 3. The van der Waals surface area contributed by atoms with E-state index in [4.69, 9.17) is 6.42 Å². The Hall–Kier alpha value is -3.52. The third-order valence-corrected chi connectivity index (χ3v) is 3.81. The van der Waals surface area contributed by atoms with Crippen molar-refractivity contribution in [2.24, 2.45) is 7.05 Å². The lowest BCUT2D eigenvalue weighted by molar-refractivity contribution is 0.0993. The first-order valence-corrected chi connectivity index (χ1v) is 7.77. The fraction of sp³-hybridized carbons (Fsp3) is 0.100. The third kappa shape index (κ3) is 3.70. The van der Waals surface area contributed by atoms with Crippen LogP contribution >= 0.6 is 0 Å². The molecule has 1 amide bonds. The van der Waals surface area contributed by atoms with E-state index in [-0.39, 0.29) is 5.91 Å². The Labute approximate surface area is 146 Å². The number of terminal acetylenes is 1. The van der Waals surface area contributed by atoms with E-state index in [9.17, 15) is 4.79 Å². The van der Waals surface area contributed by atoms with E-state index < -0.39 is 0 Å². The minimum Gasteiger partial charge on any atom is -0.353 e. The highest BCUT2D eigenvalue weighted by Gasteiger charge is 2.14. The first kappa shape index (κ1) is 16.3. The minimum atomic E-state index is -0.107. The van der Waals surface area contributed by atoms with Crippen molar-refractivity contribution in [1.82, 2.24) is 9.78 Å². The topological polar surface area (TPSA) is 50.2 Å². The van der Waals surface area contributed by atoms with Gasteiger partial charge in [0.2, 0.25) is 0 Å². The number of nitrogens with one attached hydrogen (secondary N) is 1. The summed E-state index contributed by atoms with van der Waals surface area (Å²) in [7, 11) is 3.59. The molecule has 3 aromatic rings. The third-order valence-electron chi connectivity index (χ3n) is 3.81. The molecular formula is C20H18N4O. The summed E-state index contributed by atoms with van der Waals surface area (Å²) in [6.07, 6.45) is 9.03. The second-order valence-corrected chi connectivity index (χ2v) is 5.67. The molecule has 0 aliphatic rings. The lowest BCUT2D eigenvalue weighted by atomic mass is 10.1. The van der Waals surface area contributed by atoms with Crippen LogP contribution in [-0.4, -0.2) is 22.7 Å². The van der Waals surface area contributed by atoms with E-state index in [1.54, 1.807) is 28.9 Å². The van der Waals surface area contributed by atoms with Crippen molar-refractivity contribution in [1.29, 1.82) is 0 Å². The first-order valence-electron chi connectivity index (χ1n) is 7.77. The standard InChI is InChI=1S/C20H18N4O/c1-4-15-7-5-10-19(11-15)24(3)20(25)16-8-6-9-17(12-16)22-18-13-21-23(2)14-18/h1,5-14,22H,2-3H3. The van der Waals surface area contributed by atoms with E-state index >= 15 is 0 Å². The highest BCUT2D eigenvalue weighted by atomic mass is 16.2. The first-order chi connectivity index (χ1) is 12.1. The molecule has 0 unspecified atom stereocenters. The Morgan fingerprint density at radius 2 is 2.00 bits per heavy atom. The summed E-state index contributed by atoms with van der Waals surface area (Å²) >= 11 is 0. The molecule has 0 fully saturated rings. The summed E-state index contributed by atoms with van der Waals surface area (Å²) in [6, 6.07) is 14.7. The van der Waals surface area contributed by atoms with E-state index in [1.165, 1.54) is 0 Å². The van der Waals surface area contributed by atoms with Crippen molar-refractivity contribution in [3.05, 3.63) is 72.1 Å². The maximum absolute atomic E-state index is 12.8. The van der Waals surface area contributed by atoms with Crippen molar-refractivity contribution >= 4 is 23.0 Å². The molecule has 1 N–H and O–H groups in total. The van der Waals surface area contributed by atoms with Crippen molar-refractivity contribution in [2.45, 2.75) is 0 Å². The Balaban J connectivity index is 1.82. The number of amides is 1. The number of carbonyl (C=O) groups excluding carboxylic acids is 1. The lowest BCUT2D eigenvalue weighted by Crippen LogP contribution is -2.26. The average molecular weight is 330 g/mol. The predicted molar refractivity (Wildman–Crippen MR) is 100 cm³/mol. The quantitative estimate of drug-likeness (QED) is 0.746. The smallest absolute Gasteiger partial charge is 0.258 e. The molecule has 3 rings (SSSR count). The van der Waals surface area contributed by atoms with Crippen LogP contribution < -0.4 is 10.2 Å². The van der Waals surface area contributed by atoms with Crippen LogP contribution in [0.25, 0.3) is 0 Å². The van der Waals surface area contributed by atoms with E-state index in [1.807, 2.05) is 55.7 Å². The second kappa shape index (κ2) is 6.93. The summed E-state index contributed by atoms with van der Waals surface area (Å²) in [5, 5.41) is 7.35. The van der Waals surface area contributed by atoms with Crippen LogP contribution in [0.1, 0.15) is 15.9 Å². The van der Waals surface area contributed by atoms with Crippen LogP contribution in [0.5, 0.6) is 0 Å². The molecule has 0 saturated heterocycles. The molecule has 0 aliphatic carbocycles. The number of aromatic nitrogens is 2. The van der Waals surface area contributed by atoms with Gasteiger partial charge in [-0.3, -0.25) is 9.48 Å². The maximum atomic E-state index is 12.8. The molecule has 5 nitrogen and oxygen atoms in total. The summed E-state index contributed by atoms with van der Waals surface area (Å²) < 4.78 is 1.71. The summed E-state index contributed by atoms with van der Waals surface area (Å²) in [4.78, 5) is 14.4. The number of hydrogen-bond donors (Lipinski definition) is 1. The zero-order valence-electron chi connectivity index (χ0n) is 14.1. The van der Waals surface area contributed by atoms with Gasteiger partial charge in [0.25, 0.3) is 5.91 Å². The Bertz CT molecular complexity index is 952. The SMILES string of the molecule is C#Cc1cccc(N(C)C(=O)c2cccc(Nc3cnn(C)c3)c2)c1. The van der Waals surface area contributed by atoms with Crippen LogP contribution in [0.2, 0.25) is 0 Å². The summed E-state index contributed by atoms with van der Waals surface area (Å²) in [6.45, 7) is 0. The van der Waals surface area contributed by atoms with Gasteiger partial charge in [-0.15, -0.1) is 6.42 Å². The molecule has 0 atom stereocenters. The number of nitrogens with zero attached hydrogens (tertiary/aromatic N) is 3. The number of carbonyl (C=O) groups is 1. The highest BCUT2D eigenvalue weighted by Crippen LogP contribution is 2.20. The van der Waals surface area contributed by atoms with Gasteiger partial charge < -0.3 is 10.2 Å². The largest absolute Gasteiger partial charge is 0.353 e. The average Bonchev–Trinajstić information content (AvgIpc) is 3.05. The number of benzene rings is 2. The highest BCUT2D eigenvalue weighted by molar-refractivity contribution is 6.06. The van der Waals surface area contributed by atoms with Crippen molar-refractivity contribution in [3.63, 3.8) is 0 Å². The van der Waals surface area contributed by atoms with Gasteiger partial charge in [-0.2, -0.15) is 5.10 Å². The number of rotatable bonds is 4. The maximum Gasteiger partial charge on any atom is 0.258 e. The second-order valence-electron chi connectivity index (χ2n) is 5.67. The van der Waals surface area contributed by atoms with Crippen LogP contribution in [0.3, 0.4) is 0 Å². The van der Waals surface area contributed by atoms with Gasteiger partial charge in [0.15, 0.2) is 0 Å². The zero-order chi connectivity index (χ0) is 17.8. The van der Waals surface area contributed by atoms with Crippen LogP contribution in [-0.2, 0) is 7.05 Å². The molecule has 1 aromatic heterocycles. The normalized spacial score (nSPS) is 10.1. The molecule has 5 heteroatoms. The van der Waals surface area contributed by atoms with Gasteiger partial charge in [0.1, 0.15) is 0 Å². The van der Waals surface area contributed by atoms with Gasteiger partial charge in [0.05, 0.1) is 11.9 Å². The van der Waals surface area contributed by atoms with Crippen LogP contribution in [0.4, 0.5) is 17.1 Å². The van der Waals surface area contributed by atoms with Crippen molar-refractivity contribution < 1.29 is 4.79 Å². The molecule has 2 aromatic carbocycles. The fourth-order valence-corrected chi connectivity index (χ4v) is 2.50. The number of aryl methyl sites for hydroxylation is 1. The van der Waals surface area contributed by atoms with Gasteiger partial charge in [-0.25, -0.2) is 0 Å². The Kier molecular flexibility index (Phi) is 4.53. The molecule has 0 spiro atoms. The van der Waals surface area contributed by atoms with Gasteiger partial charge in [0, 0.05) is 42.8 Å². The number of anilines is 3. The van der Waals surface area contributed by atoms with Gasteiger partial charge in [-0.1, -0.05) is 18.1 Å². The molecule has 124 valence electrons. The van der Waals surface area contributed by atoms with Crippen molar-refractivity contribution in [3.8, 4) is 12.3 Å². The molecule has 0 aliphatic heterocycles. The monoisotopic (exact) mass is 330 g/mol. The molecule has 1 heterocycles. The van der Waals surface area contributed by atoms with Gasteiger partial charge in [-0.05, 0) is 36.4 Å².